The van der Waals surface area contributed by atoms with Crippen molar-refractivity contribution in [2.45, 2.75) is 37.7 Å². The number of rotatable bonds is 6. The van der Waals surface area contributed by atoms with E-state index in [9.17, 15) is 23.2 Å². The topological polar surface area (TPSA) is 94.8 Å². The van der Waals surface area contributed by atoms with Gasteiger partial charge in [0.2, 0.25) is 0 Å². The van der Waals surface area contributed by atoms with E-state index in [1.165, 1.54) is 6.07 Å². The highest BCUT2D eigenvalue weighted by atomic mass is 32.2. The lowest BCUT2D eigenvalue weighted by atomic mass is 9.89. The van der Waals surface area contributed by atoms with Crippen LogP contribution in [0.3, 0.4) is 0 Å². The van der Waals surface area contributed by atoms with Crippen LogP contribution in [0.25, 0.3) is 11.1 Å². The minimum absolute atomic E-state index is 0.0223. The standard InChI is InChI=1S/C23H24O5S/c1-15-11-12-21(29(26,27)28)20(13-16(2)24)22(15)19-10-6-9-18(23(19)25)14-17-7-4-3-5-8-17/h3-12,16,24-25H,13-14H2,1-2H3,(H,26,27,28). The Bertz CT molecular complexity index is 1120. The van der Waals surface area contributed by atoms with E-state index < -0.39 is 16.2 Å². The van der Waals surface area contributed by atoms with Gasteiger partial charge in [-0.25, -0.2) is 0 Å². The molecule has 1 unspecified atom stereocenters. The van der Waals surface area contributed by atoms with Gasteiger partial charge in [0.05, 0.1) is 11.0 Å². The summed E-state index contributed by atoms with van der Waals surface area (Å²) in [5.74, 6) is 0.0544. The molecule has 0 fully saturated rings. The number of hydrogen-bond acceptors (Lipinski definition) is 4. The smallest absolute Gasteiger partial charge is 0.294 e. The fourth-order valence-electron chi connectivity index (χ4n) is 3.61. The largest absolute Gasteiger partial charge is 0.507 e. The highest BCUT2D eigenvalue weighted by molar-refractivity contribution is 7.85. The van der Waals surface area contributed by atoms with E-state index in [1.807, 2.05) is 36.4 Å². The molecule has 3 aromatic rings. The molecule has 5 nitrogen and oxygen atoms in total. The molecule has 152 valence electrons. The van der Waals surface area contributed by atoms with Crippen molar-refractivity contribution in [3.63, 3.8) is 0 Å². The van der Waals surface area contributed by atoms with E-state index in [2.05, 4.69) is 0 Å². The molecular weight excluding hydrogens is 388 g/mol. The monoisotopic (exact) mass is 412 g/mol. The minimum atomic E-state index is -4.49. The zero-order valence-corrected chi connectivity index (χ0v) is 17.1. The Morgan fingerprint density at radius 2 is 1.66 bits per heavy atom. The molecule has 0 aliphatic carbocycles. The summed E-state index contributed by atoms with van der Waals surface area (Å²) in [5, 5.41) is 20.9. The van der Waals surface area contributed by atoms with Crippen LogP contribution in [0.15, 0.2) is 65.6 Å². The third-order valence-electron chi connectivity index (χ3n) is 4.88. The molecule has 3 aromatic carbocycles. The number of aliphatic hydroxyl groups excluding tert-OH is 1. The van der Waals surface area contributed by atoms with Gasteiger partial charge in [-0.3, -0.25) is 4.55 Å². The van der Waals surface area contributed by atoms with Gasteiger partial charge in [-0.05, 0) is 47.7 Å². The molecule has 1 atom stereocenters. The normalized spacial score (nSPS) is 12.7. The Morgan fingerprint density at radius 3 is 2.28 bits per heavy atom. The molecule has 0 amide bonds. The molecule has 0 bridgehead atoms. The average Bonchev–Trinajstić information content (AvgIpc) is 2.64. The zero-order chi connectivity index (χ0) is 21.2. The predicted octanol–water partition coefficient (Wildman–Crippen LogP) is 4.13. The van der Waals surface area contributed by atoms with Crippen molar-refractivity contribution in [3.8, 4) is 16.9 Å². The number of hydrogen-bond donors (Lipinski definition) is 3. The van der Waals surface area contributed by atoms with Crippen LogP contribution in [-0.4, -0.2) is 29.3 Å². The first kappa shape index (κ1) is 21.0. The molecule has 3 N–H and O–H groups in total. The number of phenolic OH excluding ortho intramolecular Hbond substituents is 1. The number of aryl methyl sites for hydroxylation is 1. The first-order chi connectivity index (χ1) is 13.7. The van der Waals surface area contributed by atoms with Crippen molar-refractivity contribution in [2.75, 3.05) is 0 Å². The summed E-state index contributed by atoms with van der Waals surface area (Å²) < 4.78 is 33.6. The Labute approximate surface area is 171 Å². The third kappa shape index (κ3) is 4.67. The summed E-state index contributed by atoms with van der Waals surface area (Å²) in [7, 11) is -4.49. The van der Waals surface area contributed by atoms with E-state index in [1.54, 1.807) is 32.0 Å². The summed E-state index contributed by atoms with van der Waals surface area (Å²) in [6.07, 6.45) is -0.289. The van der Waals surface area contributed by atoms with Gasteiger partial charge in [-0.1, -0.05) is 54.6 Å². The van der Waals surface area contributed by atoms with Crippen molar-refractivity contribution in [1.82, 2.24) is 0 Å². The van der Waals surface area contributed by atoms with E-state index in [0.29, 0.717) is 23.1 Å². The zero-order valence-electron chi connectivity index (χ0n) is 16.3. The third-order valence-corrected chi connectivity index (χ3v) is 5.82. The number of para-hydroxylation sites is 1. The first-order valence-electron chi connectivity index (χ1n) is 9.31. The number of phenols is 1. The van der Waals surface area contributed by atoms with Gasteiger partial charge in [-0.2, -0.15) is 8.42 Å². The van der Waals surface area contributed by atoms with Gasteiger partial charge in [0.1, 0.15) is 5.75 Å². The van der Waals surface area contributed by atoms with Crippen LogP contribution in [-0.2, 0) is 23.0 Å². The number of aromatic hydroxyl groups is 1. The van der Waals surface area contributed by atoms with Gasteiger partial charge >= 0.3 is 0 Å². The molecule has 3 rings (SSSR count). The SMILES string of the molecule is Cc1ccc(S(=O)(=O)O)c(CC(C)O)c1-c1cccc(Cc2ccccc2)c1O. The quantitative estimate of drug-likeness (QED) is 0.529. The van der Waals surface area contributed by atoms with Crippen LogP contribution in [0.1, 0.15) is 29.2 Å². The molecule has 0 aliphatic heterocycles. The molecule has 0 radical (unpaired) electrons. The maximum Gasteiger partial charge on any atom is 0.294 e. The second-order valence-corrected chi connectivity index (χ2v) is 8.63. The average molecular weight is 413 g/mol. The van der Waals surface area contributed by atoms with Crippen LogP contribution >= 0.6 is 0 Å². The van der Waals surface area contributed by atoms with E-state index in [4.69, 9.17) is 0 Å². The van der Waals surface area contributed by atoms with Gasteiger partial charge < -0.3 is 10.2 Å². The number of benzene rings is 3. The lowest BCUT2D eigenvalue weighted by Gasteiger charge is -2.19. The lowest BCUT2D eigenvalue weighted by molar-refractivity contribution is 0.195. The molecule has 0 heterocycles. The van der Waals surface area contributed by atoms with Crippen LogP contribution in [0.5, 0.6) is 5.75 Å². The Hall–Kier alpha value is -2.67. The Morgan fingerprint density at radius 1 is 0.966 bits per heavy atom. The van der Waals surface area contributed by atoms with E-state index >= 15 is 0 Å². The molecule has 0 saturated carbocycles. The van der Waals surface area contributed by atoms with Crippen LogP contribution < -0.4 is 0 Å². The second-order valence-electron chi connectivity index (χ2n) is 7.24. The van der Waals surface area contributed by atoms with E-state index in [0.717, 1.165) is 11.1 Å². The molecule has 0 aromatic heterocycles. The fourth-order valence-corrected chi connectivity index (χ4v) is 4.35. The Balaban J connectivity index is 2.21. The summed E-state index contributed by atoms with van der Waals surface area (Å²) in [6, 6.07) is 18.0. The molecule has 29 heavy (non-hydrogen) atoms. The van der Waals surface area contributed by atoms with Crippen molar-refractivity contribution in [2.24, 2.45) is 0 Å². The van der Waals surface area contributed by atoms with Crippen LogP contribution in [0, 0.1) is 6.92 Å². The summed E-state index contributed by atoms with van der Waals surface area (Å²) in [4.78, 5) is -0.258. The predicted molar refractivity (Wildman–Crippen MR) is 113 cm³/mol. The molecular formula is C23H24O5S. The summed E-state index contributed by atoms with van der Waals surface area (Å²) in [5.41, 5.74) is 3.74. The fraction of sp³-hybridized carbons (Fsp3) is 0.217. The Kier molecular flexibility index (Phi) is 6.07. The molecule has 0 spiro atoms. The van der Waals surface area contributed by atoms with E-state index in [-0.39, 0.29) is 22.6 Å². The summed E-state index contributed by atoms with van der Waals surface area (Å²) in [6.45, 7) is 3.35. The molecule has 0 saturated heterocycles. The molecule has 0 aliphatic rings. The maximum absolute atomic E-state index is 11.9. The first-order valence-corrected chi connectivity index (χ1v) is 10.8. The van der Waals surface area contributed by atoms with Crippen molar-refractivity contribution < 1.29 is 23.2 Å². The molecule has 6 heteroatoms. The van der Waals surface area contributed by atoms with Crippen molar-refractivity contribution in [1.29, 1.82) is 0 Å². The van der Waals surface area contributed by atoms with Gasteiger partial charge in [-0.15, -0.1) is 0 Å². The number of aliphatic hydroxyl groups is 1. The van der Waals surface area contributed by atoms with Crippen LogP contribution in [0.4, 0.5) is 0 Å². The summed E-state index contributed by atoms with van der Waals surface area (Å²) >= 11 is 0. The van der Waals surface area contributed by atoms with Gasteiger partial charge in [0, 0.05) is 18.4 Å². The second kappa shape index (κ2) is 8.37. The highest BCUT2D eigenvalue weighted by Gasteiger charge is 2.24. The highest BCUT2D eigenvalue weighted by Crippen LogP contribution is 2.39. The minimum Gasteiger partial charge on any atom is -0.507 e. The van der Waals surface area contributed by atoms with Crippen molar-refractivity contribution in [3.05, 3.63) is 82.9 Å². The van der Waals surface area contributed by atoms with Crippen molar-refractivity contribution >= 4 is 10.1 Å². The van der Waals surface area contributed by atoms with Crippen LogP contribution in [0.2, 0.25) is 0 Å². The lowest BCUT2D eigenvalue weighted by Crippen LogP contribution is -2.12. The van der Waals surface area contributed by atoms with Gasteiger partial charge in [0.25, 0.3) is 10.1 Å². The maximum atomic E-state index is 11.9. The van der Waals surface area contributed by atoms with Gasteiger partial charge in [0.15, 0.2) is 0 Å².